The zero-order chi connectivity index (χ0) is 12.7. The number of methoxy groups -OCH3 is 1. The Bertz CT molecular complexity index is 358. The summed E-state index contributed by atoms with van der Waals surface area (Å²) < 4.78 is 11.7. The first-order valence-electron chi connectivity index (χ1n) is 5.53. The van der Waals surface area contributed by atoms with Gasteiger partial charge in [-0.3, -0.25) is 0 Å². The average Bonchev–Trinajstić information content (AvgIpc) is 2.30. The third-order valence-corrected chi connectivity index (χ3v) is 2.78. The van der Waals surface area contributed by atoms with Gasteiger partial charge in [-0.1, -0.05) is 0 Å². The van der Waals surface area contributed by atoms with Crippen LogP contribution in [0.5, 0.6) is 11.5 Å². The second-order valence-electron chi connectivity index (χ2n) is 3.44. The number of aliphatic hydroxyl groups is 1. The molecule has 0 aliphatic heterocycles. The van der Waals surface area contributed by atoms with E-state index in [0.717, 1.165) is 15.8 Å². The van der Waals surface area contributed by atoms with Crippen LogP contribution in [0.2, 0.25) is 0 Å². The van der Waals surface area contributed by atoms with Gasteiger partial charge in [0.2, 0.25) is 0 Å². The summed E-state index contributed by atoms with van der Waals surface area (Å²) >= 11 is 3.45. The Balaban J connectivity index is 2.85. The number of nitrogens with one attached hydrogen (secondary N) is 1. The molecule has 0 aliphatic rings. The molecule has 0 radical (unpaired) electrons. The van der Waals surface area contributed by atoms with E-state index in [2.05, 4.69) is 21.2 Å². The summed E-state index contributed by atoms with van der Waals surface area (Å²) in [6, 6.07) is 3.92. The smallest absolute Gasteiger partial charge is 0.174 e. The number of ether oxygens (including phenoxy) is 2. The van der Waals surface area contributed by atoms with Gasteiger partial charge in [0.1, 0.15) is 0 Å². The summed E-state index contributed by atoms with van der Waals surface area (Å²) in [6.45, 7) is 3.92. The number of halogens is 1. The summed E-state index contributed by atoms with van der Waals surface area (Å²) in [5.74, 6) is 1.43. The molecule has 96 valence electrons. The van der Waals surface area contributed by atoms with E-state index in [1.807, 2.05) is 19.1 Å². The molecule has 0 amide bonds. The summed E-state index contributed by atoms with van der Waals surface area (Å²) in [7, 11) is 1.62. The average molecular weight is 304 g/mol. The van der Waals surface area contributed by atoms with Crippen LogP contribution in [0.1, 0.15) is 12.5 Å². The Kier molecular flexibility index (Phi) is 6.32. The molecule has 0 unspecified atom stereocenters. The number of rotatable bonds is 7. The van der Waals surface area contributed by atoms with Gasteiger partial charge in [0.05, 0.1) is 24.8 Å². The summed E-state index contributed by atoms with van der Waals surface area (Å²) in [5.41, 5.74) is 1.08. The van der Waals surface area contributed by atoms with E-state index < -0.39 is 0 Å². The van der Waals surface area contributed by atoms with E-state index in [0.29, 0.717) is 25.4 Å². The van der Waals surface area contributed by atoms with Gasteiger partial charge in [-0.05, 0) is 40.5 Å². The largest absolute Gasteiger partial charge is 0.492 e. The van der Waals surface area contributed by atoms with Crippen LogP contribution in [-0.4, -0.2) is 32.0 Å². The lowest BCUT2D eigenvalue weighted by molar-refractivity contribution is 0.291. The summed E-state index contributed by atoms with van der Waals surface area (Å²) in [4.78, 5) is 0. The monoisotopic (exact) mass is 303 g/mol. The van der Waals surface area contributed by atoms with E-state index in [4.69, 9.17) is 14.6 Å². The highest BCUT2D eigenvalue weighted by Crippen LogP contribution is 2.36. The first-order valence-corrected chi connectivity index (χ1v) is 6.33. The Labute approximate surface area is 110 Å². The van der Waals surface area contributed by atoms with Gasteiger partial charge >= 0.3 is 0 Å². The molecule has 17 heavy (non-hydrogen) atoms. The Hall–Kier alpha value is -0.780. The van der Waals surface area contributed by atoms with Gasteiger partial charge in [-0.2, -0.15) is 0 Å². The standard InChI is InChI=1S/C12H18BrNO3/c1-3-17-11-7-9(8-14-4-5-15)6-10(13)12(11)16-2/h6-7,14-15H,3-5,8H2,1-2H3. The number of benzene rings is 1. The van der Waals surface area contributed by atoms with Crippen LogP contribution in [0.4, 0.5) is 0 Å². The lowest BCUT2D eigenvalue weighted by Gasteiger charge is -2.13. The maximum Gasteiger partial charge on any atom is 0.174 e. The highest BCUT2D eigenvalue weighted by molar-refractivity contribution is 9.10. The predicted molar refractivity (Wildman–Crippen MR) is 70.7 cm³/mol. The van der Waals surface area contributed by atoms with Gasteiger partial charge in [-0.25, -0.2) is 0 Å². The zero-order valence-electron chi connectivity index (χ0n) is 10.1. The first-order chi connectivity index (χ1) is 8.22. The number of aliphatic hydroxyl groups excluding tert-OH is 1. The molecule has 0 fully saturated rings. The zero-order valence-corrected chi connectivity index (χ0v) is 11.7. The summed E-state index contributed by atoms with van der Waals surface area (Å²) in [6.07, 6.45) is 0. The third kappa shape index (κ3) is 4.18. The normalized spacial score (nSPS) is 10.4. The van der Waals surface area contributed by atoms with Crippen LogP contribution in [0, 0.1) is 0 Å². The third-order valence-electron chi connectivity index (χ3n) is 2.19. The minimum Gasteiger partial charge on any atom is -0.492 e. The van der Waals surface area contributed by atoms with E-state index in [1.54, 1.807) is 7.11 Å². The second kappa shape index (κ2) is 7.53. The fourth-order valence-corrected chi connectivity index (χ4v) is 2.15. The van der Waals surface area contributed by atoms with E-state index >= 15 is 0 Å². The topological polar surface area (TPSA) is 50.7 Å². The van der Waals surface area contributed by atoms with Gasteiger partial charge in [0, 0.05) is 13.1 Å². The van der Waals surface area contributed by atoms with Crippen LogP contribution in [0.25, 0.3) is 0 Å². The SMILES string of the molecule is CCOc1cc(CNCCO)cc(Br)c1OC. The maximum absolute atomic E-state index is 8.70. The molecule has 0 saturated carbocycles. The lowest BCUT2D eigenvalue weighted by atomic mass is 10.2. The van der Waals surface area contributed by atoms with Crippen molar-refractivity contribution in [3.05, 3.63) is 22.2 Å². The fourth-order valence-electron chi connectivity index (χ4n) is 1.50. The molecular weight excluding hydrogens is 286 g/mol. The van der Waals surface area contributed by atoms with Crippen LogP contribution >= 0.6 is 15.9 Å². The molecular formula is C12H18BrNO3. The number of hydrogen-bond donors (Lipinski definition) is 2. The van der Waals surface area contributed by atoms with Gasteiger partial charge in [0.25, 0.3) is 0 Å². The minimum absolute atomic E-state index is 0.135. The van der Waals surface area contributed by atoms with Crippen molar-refractivity contribution in [2.45, 2.75) is 13.5 Å². The van der Waals surface area contributed by atoms with E-state index in [-0.39, 0.29) is 6.61 Å². The molecule has 5 heteroatoms. The van der Waals surface area contributed by atoms with Crippen molar-refractivity contribution in [2.75, 3.05) is 26.9 Å². The van der Waals surface area contributed by atoms with Crippen LogP contribution < -0.4 is 14.8 Å². The van der Waals surface area contributed by atoms with Crippen molar-refractivity contribution in [3.63, 3.8) is 0 Å². The molecule has 0 bridgehead atoms. The Morgan fingerprint density at radius 2 is 2.18 bits per heavy atom. The molecule has 0 aromatic heterocycles. The molecule has 1 rings (SSSR count). The molecule has 1 aromatic rings. The molecule has 1 aromatic carbocycles. The lowest BCUT2D eigenvalue weighted by Crippen LogP contribution is -2.17. The van der Waals surface area contributed by atoms with Crippen LogP contribution in [-0.2, 0) is 6.54 Å². The van der Waals surface area contributed by atoms with E-state index in [9.17, 15) is 0 Å². The second-order valence-corrected chi connectivity index (χ2v) is 4.30. The highest BCUT2D eigenvalue weighted by atomic mass is 79.9. The minimum atomic E-state index is 0.135. The maximum atomic E-state index is 8.70. The molecule has 2 N–H and O–H groups in total. The molecule has 0 saturated heterocycles. The summed E-state index contributed by atoms with van der Waals surface area (Å²) in [5, 5.41) is 11.8. The van der Waals surface area contributed by atoms with Crippen molar-refractivity contribution >= 4 is 15.9 Å². The molecule has 0 aliphatic carbocycles. The van der Waals surface area contributed by atoms with Crippen molar-refractivity contribution in [2.24, 2.45) is 0 Å². The molecule has 0 spiro atoms. The van der Waals surface area contributed by atoms with Crippen molar-refractivity contribution in [1.82, 2.24) is 5.32 Å². The van der Waals surface area contributed by atoms with Crippen molar-refractivity contribution in [3.8, 4) is 11.5 Å². The highest BCUT2D eigenvalue weighted by Gasteiger charge is 2.10. The van der Waals surface area contributed by atoms with Crippen molar-refractivity contribution in [1.29, 1.82) is 0 Å². The fraction of sp³-hybridized carbons (Fsp3) is 0.500. The van der Waals surface area contributed by atoms with Crippen LogP contribution in [0.15, 0.2) is 16.6 Å². The van der Waals surface area contributed by atoms with Crippen molar-refractivity contribution < 1.29 is 14.6 Å². The quantitative estimate of drug-likeness (QED) is 0.756. The van der Waals surface area contributed by atoms with Gasteiger partial charge in [-0.15, -0.1) is 0 Å². The number of hydrogen-bond acceptors (Lipinski definition) is 4. The Morgan fingerprint density at radius 3 is 2.76 bits per heavy atom. The van der Waals surface area contributed by atoms with Gasteiger partial charge in [0.15, 0.2) is 11.5 Å². The molecule has 4 nitrogen and oxygen atoms in total. The van der Waals surface area contributed by atoms with Crippen LogP contribution in [0.3, 0.4) is 0 Å². The first kappa shape index (κ1) is 14.3. The van der Waals surface area contributed by atoms with E-state index in [1.165, 1.54) is 0 Å². The predicted octanol–water partition coefficient (Wildman–Crippen LogP) is 1.94. The Morgan fingerprint density at radius 1 is 1.41 bits per heavy atom. The van der Waals surface area contributed by atoms with Gasteiger partial charge < -0.3 is 19.9 Å². The molecule has 0 heterocycles. The molecule has 0 atom stereocenters.